The Labute approximate surface area is 152 Å². The van der Waals surface area contributed by atoms with Gasteiger partial charge in [0.1, 0.15) is 5.75 Å². The molecule has 26 heavy (non-hydrogen) atoms. The Balaban J connectivity index is 2.11. The van der Waals surface area contributed by atoms with Gasteiger partial charge >= 0.3 is 12.0 Å². The van der Waals surface area contributed by atoms with Crippen molar-refractivity contribution in [1.82, 2.24) is 4.90 Å². The first-order valence-electron chi connectivity index (χ1n) is 8.08. The van der Waals surface area contributed by atoms with Gasteiger partial charge < -0.3 is 20.1 Å². The van der Waals surface area contributed by atoms with Crippen molar-refractivity contribution in [1.29, 1.82) is 0 Å². The third-order valence-electron chi connectivity index (χ3n) is 4.38. The van der Waals surface area contributed by atoms with Gasteiger partial charge in [0.25, 0.3) is 0 Å². The summed E-state index contributed by atoms with van der Waals surface area (Å²) in [4.78, 5) is 25.1. The highest BCUT2D eigenvalue weighted by molar-refractivity contribution is 7.92. The lowest BCUT2D eigenvalue weighted by molar-refractivity contribution is -0.146. The molecule has 1 fully saturated rings. The van der Waals surface area contributed by atoms with Crippen molar-refractivity contribution < 1.29 is 27.9 Å². The topological polar surface area (TPSA) is 125 Å². The molecule has 1 unspecified atom stereocenters. The first-order valence-corrected chi connectivity index (χ1v) is 9.73. The van der Waals surface area contributed by atoms with Crippen LogP contribution in [0.25, 0.3) is 0 Å². The van der Waals surface area contributed by atoms with Crippen molar-refractivity contribution in [3.05, 3.63) is 18.2 Å². The number of aliphatic carboxylic acids is 1. The second kappa shape index (κ2) is 7.40. The minimum atomic E-state index is -3.46. The van der Waals surface area contributed by atoms with Gasteiger partial charge in [0.05, 0.1) is 24.0 Å². The number of benzene rings is 1. The molecule has 10 heteroatoms. The van der Waals surface area contributed by atoms with E-state index < -0.39 is 27.4 Å². The summed E-state index contributed by atoms with van der Waals surface area (Å²) in [6, 6.07) is 4.12. The largest absolute Gasteiger partial charge is 0.494 e. The lowest BCUT2D eigenvalue weighted by Gasteiger charge is -2.21. The molecule has 0 saturated carbocycles. The molecule has 1 heterocycles. The van der Waals surface area contributed by atoms with Gasteiger partial charge in [0.15, 0.2) is 0 Å². The van der Waals surface area contributed by atoms with Gasteiger partial charge in [-0.15, -0.1) is 0 Å². The zero-order valence-corrected chi connectivity index (χ0v) is 15.7. The highest BCUT2D eigenvalue weighted by Crippen LogP contribution is 2.32. The van der Waals surface area contributed by atoms with Crippen LogP contribution in [-0.2, 0) is 14.8 Å². The quantitative estimate of drug-likeness (QED) is 0.685. The molecular formula is C16H23N3O6S. The van der Waals surface area contributed by atoms with Crippen LogP contribution in [0.1, 0.15) is 20.3 Å². The van der Waals surface area contributed by atoms with Crippen molar-refractivity contribution in [2.75, 3.05) is 36.0 Å². The molecule has 1 aliphatic rings. The molecule has 1 aromatic carbocycles. The fourth-order valence-corrected chi connectivity index (χ4v) is 3.25. The average Bonchev–Trinajstić information content (AvgIpc) is 3.00. The average molecular weight is 385 g/mol. The SMILES string of the molecule is CCS(=O)(=O)Nc1ccc(NC(=O)N2CCC(C)(C(=O)O)C2)cc1OC. The molecule has 0 aromatic heterocycles. The van der Waals surface area contributed by atoms with Crippen molar-refractivity contribution in [2.24, 2.45) is 5.41 Å². The fourth-order valence-electron chi connectivity index (χ4n) is 2.60. The molecule has 0 bridgehead atoms. The monoisotopic (exact) mass is 385 g/mol. The van der Waals surface area contributed by atoms with E-state index >= 15 is 0 Å². The third kappa shape index (κ3) is 4.37. The minimum Gasteiger partial charge on any atom is -0.494 e. The Morgan fingerprint density at radius 2 is 2.08 bits per heavy atom. The number of urea groups is 1. The lowest BCUT2D eigenvalue weighted by Crippen LogP contribution is -2.37. The van der Waals surface area contributed by atoms with E-state index in [0.29, 0.717) is 18.7 Å². The number of hydrogen-bond donors (Lipinski definition) is 3. The Morgan fingerprint density at radius 1 is 1.38 bits per heavy atom. The van der Waals surface area contributed by atoms with Gasteiger partial charge in [-0.1, -0.05) is 0 Å². The van der Waals surface area contributed by atoms with E-state index in [2.05, 4.69) is 10.0 Å². The highest BCUT2D eigenvalue weighted by atomic mass is 32.2. The van der Waals surface area contributed by atoms with Gasteiger partial charge in [0, 0.05) is 24.8 Å². The molecule has 0 spiro atoms. The molecule has 2 rings (SSSR count). The summed E-state index contributed by atoms with van der Waals surface area (Å²) in [5.41, 5.74) is -0.265. The first-order chi connectivity index (χ1) is 12.1. The second-order valence-electron chi connectivity index (χ2n) is 6.39. The van der Waals surface area contributed by atoms with Crippen molar-refractivity contribution in [2.45, 2.75) is 20.3 Å². The molecule has 1 atom stereocenters. The molecule has 1 saturated heterocycles. The van der Waals surface area contributed by atoms with Crippen molar-refractivity contribution in [3.8, 4) is 5.75 Å². The number of carbonyl (C=O) groups is 2. The summed E-state index contributed by atoms with van der Waals surface area (Å²) >= 11 is 0. The molecule has 3 N–H and O–H groups in total. The maximum absolute atomic E-state index is 12.4. The van der Waals surface area contributed by atoms with Crippen molar-refractivity contribution in [3.63, 3.8) is 0 Å². The summed E-state index contributed by atoms with van der Waals surface area (Å²) in [6.07, 6.45) is 0.386. The molecule has 0 radical (unpaired) electrons. The van der Waals surface area contributed by atoms with Crippen LogP contribution in [-0.4, -0.2) is 56.4 Å². The third-order valence-corrected chi connectivity index (χ3v) is 5.67. The van der Waals surface area contributed by atoms with E-state index in [-0.39, 0.29) is 23.7 Å². The Hall–Kier alpha value is -2.49. The smallest absolute Gasteiger partial charge is 0.321 e. The van der Waals surface area contributed by atoms with Crippen LogP contribution in [0.3, 0.4) is 0 Å². The number of amides is 2. The molecular weight excluding hydrogens is 362 g/mol. The summed E-state index contributed by atoms with van der Waals surface area (Å²) in [5, 5.41) is 11.9. The highest BCUT2D eigenvalue weighted by Gasteiger charge is 2.42. The van der Waals surface area contributed by atoms with E-state index in [1.807, 2.05) is 0 Å². The van der Waals surface area contributed by atoms with Gasteiger partial charge in [-0.25, -0.2) is 13.2 Å². The number of hydrogen-bond acceptors (Lipinski definition) is 5. The molecule has 2 amide bonds. The van der Waals surface area contributed by atoms with Gasteiger partial charge in [-0.05, 0) is 32.4 Å². The minimum absolute atomic E-state index is 0.0774. The van der Waals surface area contributed by atoms with Crippen LogP contribution in [0.4, 0.5) is 16.2 Å². The second-order valence-corrected chi connectivity index (χ2v) is 8.40. The van der Waals surface area contributed by atoms with Crippen LogP contribution in [0.2, 0.25) is 0 Å². The predicted octanol–water partition coefficient (Wildman–Crippen LogP) is 1.79. The number of carboxylic acid groups (broad SMARTS) is 1. The van der Waals surface area contributed by atoms with E-state index in [1.54, 1.807) is 13.0 Å². The number of nitrogens with one attached hydrogen (secondary N) is 2. The number of ether oxygens (including phenoxy) is 1. The molecule has 1 aromatic rings. The molecule has 1 aliphatic heterocycles. The van der Waals surface area contributed by atoms with Crippen LogP contribution >= 0.6 is 0 Å². The summed E-state index contributed by atoms with van der Waals surface area (Å²) in [7, 11) is -2.06. The summed E-state index contributed by atoms with van der Waals surface area (Å²) in [6.45, 7) is 3.60. The van der Waals surface area contributed by atoms with Crippen LogP contribution in [0.5, 0.6) is 5.75 Å². The predicted molar refractivity (Wildman–Crippen MR) is 97.0 cm³/mol. The van der Waals surface area contributed by atoms with E-state index in [4.69, 9.17) is 4.74 Å². The zero-order chi connectivity index (χ0) is 19.5. The normalized spacial score (nSPS) is 19.9. The van der Waals surface area contributed by atoms with Gasteiger partial charge in [-0.3, -0.25) is 9.52 Å². The summed E-state index contributed by atoms with van der Waals surface area (Å²) in [5.74, 6) is -0.745. The maximum atomic E-state index is 12.4. The number of rotatable bonds is 6. The van der Waals surface area contributed by atoms with E-state index in [0.717, 1.165) is 0 Å². The molecule has 0 aliphatic carbocycles. The van der Waals surface area contributed by atoms with Gasteiger partial charge in [-0.2, -0.15) is 0 Å². The summed E-state index contributed by atoms with van der Waals surface area (Å²) < 4.78 is 31.0. The van der Waals surface area contributed by atoms with Crippen LogP contribution in [0.15, 0.2) is 18.2 Å². The number of methoxy groups -OCH3 is 1. The number of carbonyl (C=O) groups excluding carboxylic acids is 1. The molecule has 144 valence electrons. The number of likely N-dealkylation sites (tertiary alicyclic amines) is 1. The van der Waals surface area contributed by atoms with Crippen LogP contribution < -0.4 is 14.8 Å². The van der Waals surface area contributed by atoms with E-state index in [9.17, 15) is 23.1 Å². The molecule has 9 nitrogen and oxygen atoms in total. The zero-order valence-electron chi connectivity index (χ0n) is 14.9. The Bertz CT molecular complexity index is 810. The lowest BCUT2D eigenvalue weighted by atomic mass is 9.90. The van der Waals surface area contributed by atoms with Crippen molar-refractivity contribution >= 4 is 33.4 Å². The number of carboxylic acids is 1. The Kier molecular flexibility index (Phi) is 5.65. The number of nitrogens with zero attached hydrogens (tertiary/aromatic N) is 1. The van der Waals surface area contributed by atoms with E-state index in [1.165, 1.54) is 31.1 Å². The van der Waals surface area contributed by atoms with Gasteiger partial charge in [0.2, 0.25) is 10.0 Å². The standard InChI is InChI=1S/C16H23N3O6S/c1-4-26(23,24)18-12-6-5-11(9-13(12)25-3)17-15(22)19-8-7-16(2,10-19)14(20)21/h5-6,9,18H,4,7-8,10H2,1-3H3,(H,17,22)(H,20,21). The fraction of sp³-hybridized carbons (Fsp3) is 0.500. The van der Waals surface area contributed by atoms with Crippen LogP contribution in [0, 0.1) is 5.41 Å². The Morgan fingerprint density at radius 3 is 2.62 bits per heavy atom. The number of anilines is 2. The number of sulfonamides is 1. The maximum Gasteiger partial charge on any atom is 0.321 e. The first kappa shape index (κ1) is 19.8.